The molecule has 116 valence electrons. The molecule has 3 rings (SSSR count). The molecule has 1 atom stereocenters. The van der Waals surface area contributed by atoms with E-state index in [-0.39, 0.29) is 6.61 Å². The molecule has 1 aromatic rings. The van der Waals surface area contributed by atoms with Crippen LogP contribution in [0.2, 0.25) is 0 Å². The van der Waals surface area contributed by atoms with Crippen LogP contribution in [0, 0.1) is 0 Å². The first-order valence-corrected chi connectivity index (χ1v) is 7.24. The summed E-state index contributed by atoms with van der Waals surface area (Å²) >= 11 is 0. The fourth-order valence-corrected chi connectivity index (χ4v) is 2.61. The van der Waals surface area contributed by atoms with Crippen LogP contribution in [0.3, 0.4) is 0 Å². The number of nitrogens with one attached hydrogen (secondary N) is 1. The van der Waals surface area contributed by atoms with Crippen molar-refractivity contribution in [3.8, 4) is 5.75 Å². The molecule has 6 nitrogen and oxygen atoms in total. The van der Waals surface area contributed by atoms with Crippen LogP contribution >= 0.6 is 0 Å². The second-order valence-corrected chi connectivity index (χ2v) is 5.26. The van der Waals surface area contributed by atoms with Crippen LogP contribution in [0.5, 0.6) is 5.75 Å². The highest BCUT2D eigenvalue weighted by atomic mass is 16.5. The first-order valence-electron chi connectivity index (χ1n) is 7.24. The average molecular weight is 302 g/mol. The largest absolute Gasteiger partial charge is 0.497 e. The van der Waals surface area contributed by atoms with Gasteiger partial charge in [-0.3, -0.25) is 4.99 Å². The molecule has 2 aliphatic rings. The number of hydrogen-bond acceptors (Lipinski definition) is 5. The lowest BCUT2D eigenvalue weighted by molar-refractivity contribution is -0.139. The van der Waals surface area contributed by atoms with Gasteiger partial charge in [-0.25, -0.2) is 4.79 Å². The van der Waals surface area contributed by atoms with Crippen LogP contribution in [-0.4, -0.2) is 36.5 Å². The Morgan fingerprint density at radius 1 is 1.36 bits per heavy atom. The van der Waals surface area contributed by atoms with E-state index < -0.39 is 12.0 Å². The molecule has 1 aromatic carbocycles. The van der Waals surface area contributed by atoms with Gasteiger partial charge in [-0.05, 0) is 43.5 Å². The fourth-order valence-electron chi connectivity index (χ4n) is 2.61. The van der Waals surface area contributed by atoms with Gasteiger partial charge >= 0.3 is 5.97 Å². The van der Waals surface area contributed by atoms with Gasteiger partial charge in [0.2, 0.25) is 0 Å². The Balaban J connectivity index is 1.83. The Morgan fingerprint density at radius 2 is 2.14 bits per heavy atom. The predicted molar refractivity (Wildman–Crippen MR) is 82.3 cm³/mol. The summed E-state index contributed by atoms with van der Waals surface area (Å²) in [4.78, 5) is 15.3. The number of benzene rings is 1. The lowest BCUT2D eigenvalue weighted by Gasteiger charge is -2.28. The number of aliphatic carboxylic acids is 1. The minimum absolute atomic E-state index is 0.0853. The zero-order valence-corrected chi connectivity index (χ0v) is 12.3. The number of rotatable bonds is 4. The van der Waals surface area contributed by atoms with Crippen LogP contribution in [-0.2, 0) is 9.53 Å². The highest BCUT2D eigenvalue weighted by molar-refractivity contribution is 6.02. The van der Waals surface area contributed by atoms with E-state index in [1.54, 1.807) is 7.11 Å². The maximum absolute atomic E-state index is 11.0. The van der Waals surface area contributed by atoms with Gasteiger partial charge < -0.3 is 19.9 Å². The Bertz CT molecular complexity index is 634. The summed E-state index contributed by atoms with van der Waals surface area (Å²) in [5.41, 5.74) is 2.65. The maximum Gasteiger partial charge on any atom is 0.332 e. The van der Waals surface area contributed by atoms with Crippen LogP contribution in [0.1, 0.15) is 19.3 Å². The summed E-state index contributed by atoms with van der Waals surface area (Å²) in [7, 11) is 1.63. The molecular formula is C16H18N2O4. The Morgan fingerprint density at radius 3 is 2.82 bits per heavy atom. The molecule has 22 heavy (non-hydrogen) atoms. The summed E-state index contributed by atoms with van der Waals surface area (Å²) in [6.07, 6.45) is 2.54. The topological polar surface area (TPSA) is 80.2 Å². The zero-order chi connectivity index (χ0) is 15.5. The standard InChI is InChI=1S/C16H18N2O4/c1-21-11-7-5-10(6-8-11)17-12-3-2-4-13-15(12)22-9-14(18-13)16(19)20/h5-8,14,17H,2-4,9H2,1H3,(H,19,20). The van der Waals surface area contributed by atoms with Gasteiger partial charge in [0, 0.05) is 5.69 Å². The second kappa shape index (κ2) is 6.09. The Hall–Kier alpha value is -2.50. The van der Waals surface area contributed by atoms with Gasteiger partial charge in [0.15, 0.2) is 11.8 Å². The van der Waals surface area contributed by atoms with Crippen LogP contribution in [0.4, 0.5) is 5.69 Å². The number of fused-ring (bicyclic) bond motifs is 1. The maximum atomic E-state index is 11.0. The van der Waals surface area contributed by atoms with Gasteiger partial charge in [-0.15, -0.1) is 0 Å². The molecule has 0 amide bonds. The third-order valence-corrected chi connectivity index (χ3v) is 3.74. The van der Waals surface area contributed by atoms with Gasteiger partial charge in [0.1, 0.15) is 12.4 Å². The minimum atomic E-state index is -0.943. The highest BCUT2D eigenvalue weighted by Gasteiger charge is 2.29. The van der Waals surface area contributed by atoms with Crippen molar-refractivity contribution in [1.82, 2.24) is 0 Å². The number of ether oxygens (including phenoxy) is 2. The second-order valence-electron chi connectivity index (χ2n) is 5.26. The highest BCUT2D eigenvalue weighted by Crippen LogP contribution is 2.29. The van der Waals surface area contributed by atoms with E-state index in [0.717, 1.165) is 42.1 Å². The average Bonchev–Trinajstić information content (AvgIpc) is 2.55. The molecule has 1 aliphatic carbocycles. The number of methoxy groups -OCH3 is 1. The van der Waals surface area contributed by atoms with Crippen molar-refractivity contribution in [2.24, 2.45) is 4.99 Å². The van der Waals surface area contributed by atoms with E-state index in [2.05, 4.69) is 10.3 Å². The number of nitrogens with zero attached hydrogens (tertiary/aromatic N) is 1. The van der Waals surface area contributed by atoms with Crippen molar-refractivity contribution in [2.75, 3.05) is 19.0 Å². The lowest BCUT2D eigenvalue weighted by Crippen LogP contribution is -2.33. The first-order chi connectivity index (χ1) is 10.7. The molecule has 0 radical (unpaired) electrons. The number of aliphatic imine (C=N–C) groups is 1. The zero-order valence-electron chi connectivity index (χ0n) is 12.3. The Labute approximate surface area is 128 Å². The smallest absolute Gasteiger partial charge is 0.332 e. The minimum Gasteiger partial charge on any atom is -0.497 e. The van der Waals surface area contributed by atoms with Gasteiger partial charge in [-0.2, -0.15) is 0 Å². The van der Waals surface area contributed by atoms with Crippen molar-refractivity contribution < 1.29 is 19.4 Å². The van der Waals surface area contributed by atoms with E-state index in [1.807, 2.05) is 24.3 Å². The van der Waals surface area contributed by atoms with Crippen LogP contribution in [0.25, 0.3) is 0 Å². The van der Waals surface area contributed by atoms with Crippen LogP contribution < -0.4 is 10.1 Å². The molecule has 0 fully saturated rings. The van der Waals surface area contributed by atoms with Crippen molar-refractivity contribution in [1.29, 1.82) is 0 Å². The molecule has 0 spiro atoms. The fraction of sp³-hybridized carbons (Fsp3) is 0.375. The lowest BCUT2D eigenvalue weighted by atomic mass is 9.99. The van der Waals surface area contributed by atoms with E-state index in [1.165, 1.54) is 0 Å². The molecule has 6 heteroatoms. The number of hydrogen-bond donors (Lipinski definition) is 2. The molecule has 1 unspecified atom stereocenters. The molecule has 0 bridgehead atoms. The van der Waals surface area contributed by atoms with Crippen molar-refractivity contribution >= 4 is 17.4 Å². The molecule has 0 aromatic heterocycles. The monoisotopic (exact) mass is 302 g/mol. The number of allylic oxidation sites excluding steroid dienone is 2. The van der Waals surface area contributed by atoms with Crippen LogP contribution in [0.15, 0.2) is 40.7 Å². The Kier molecular flexibility index (Phi) is 4.00. The van der Waals surface area contributed by atoms with Crippen molar-refractivity contribution in [3.05, 3.63) is 35.7 Å². The summed E-state index contributed by atoms with van der Waals surface area (Å²) in [6.45, 7) is 0.0853. The third-order valence-electron chi connectivity index (χ3n) is 3.74. The summed E-state index contributed by atoms with van der Waals surface area (Å²) in [6, 6.07) is 6.84. The quantitative estimate of drug-likeness (QED) is 0.893. The van der Waals surface area contributed by atoms with E-state index >= 15 is 0 Å². The number of carbonyl (C=O) groups is 1. The molecular weight excluding hydrogens is 284 g/mol. The molecule has 2 N–H and O–H groups in total. The van der Waals surface area contributed by atoms with Crippen molar-refractivity contribution in [2.45, 2.75) is 25.3 Å². The SMILES string of the molecule is COc1ccc(NC2=C3OCC(C(=O)O)N=C3CCC2)cc1. The molecule has 1 heterocycles. The molecule has 0 saturated heterocycles. The van der Waals surface area contributed by atoms with Gasteiger partial charge in [-0.1, -0.05) is 0 Å². The third kappa shape index (κ3) is 2.90. The van der Waals surface area contributed by atoms with E-state index in [9.17, 15) is 4.79 Å². The number of carboxylic acid groups (broad SMARTS) is 1. The molecule has 1 aliphatic heterocycles. The molecule has 0 saturated carbocycles. The van der Waals surface area contributed by atoms with E-state index in [4.69, 9.17) is 14.6 Å². The first kappa shape index (κ1) is 14.4. The number of anilines is 1. The summed E-state index contributed by atoms with van der Waals surface area (Å²) in [5, 5.41) is 12.4. The predicted octanol–water partition coefficient (Wildman–Crippen LogP) is 2.43. The summed E-state index contributed by atoms with van der Waals surface area (Å²) in [5.74, 6) is 0.564. The summed E-state index contributed by atoms with van der Waals surface area (Å²) < 4.78 is 10.8. The number of carboxylic acids is 1. The van der Waals surface area contributed by atoms with E-state index in [0.29, 0.717) is 5.76 Å². The van der Waals surface area contributed by atoms with Crippen molar-refractivity contribution in [3.63, 3.8) is 0 Å². The van der Waals surface area contributed by atoms with Gasteiger partial charge in [0.05, 0.1) is 18.5 Å². The van der Waals surface area contributed by atoms with Gasteiger partial charge in [0.25, 0.3) is 0 Å². The normalized spacial score (nSPS) is 20.6.